The summed E-state index contributed by atoms with van der Waals surface area (Å²) in [6.45, 7) is 2.47. The SMILES string of the molecule is Cc1cc(NC(=O)c2ccc(Cl)c([N+](=O)[O-])c2)nn1Cc1ccccc1. The summed E-state index contributed by atoms with van der Waals surface area (Å²) < 4.78 is 1.77. The van der Waals surface area contributed by atoms with E-state index in [1.807, 2.05) is 37.3 Å². The van der Waals surface area contributed by atoms with Gasteiger partial charge in [0.05, 0.1) is 11.5 Å². The van der Waals surface area contributed by atoms with Gasteiger partial charge in [-0.1, -0.05) is 41.9 Å². The van der Waals surface area contributed by atoms with Gasteiger partial charge < -0.3 is 5.32 Å². The van der Waals surface area contributed by atoms with Crippen LogP contribution in [0.15, 0.2) is 54.6 Å². The van der Waals surface area contributed by atoms with E-state index in [4.69, 9.17) is 11.6 Å². The number of nitro groups is 1. The van der Waals surface area contributed by atoms with Gasteiger partial charge >= 0.3 is 0 Å². The van der Waals surface area contributed by atoms with Crippen molar-refractivity contribution in [1.82, 2.24) is 9.78 Å². The van der Waals surface area contributed by atoms with Crippen LogP contribution in [-0.2, 0) is 6.54 Å². The van der Waals surface area contributed by atoms with Gasteiger partial charge in [-0.05, 0) is 24.6 Å². The van der Waals surface area contributed by atoms with Gasteiger partial charge in [0.15, 0.2) is 5.82 Å². The zero-order valence-electron chi connectivity index (χ0n) is 13.8. The number of carbonyl (C=O) groups is 1. The molecule has 0 bridgehead atoms. The van der Waals surface area contributed by atoms with Crippen molar-refractivity contribution in [2.24, 2.45) is 0 Å². The minimum Gasteiger partial charge on any atom is -0.305 e. The lowest BCUT2D eigenvalue weighted by atomic mass is 10.2. The van der Waals surface area contributed by atoms with Crippen LogP contribution >= 0.6 is 11.6 Å². The Labute approximate surface area is 154 Å². The molecule has 0 radical (unpaired) electrons. The highest BCUT2D eigenvalue weighted by Gasteiger charge is 2.17. The molecule has 0 unspecified atom stereocenters. The third-order valence-corrected chi connectivity index (χ3v) is 4.12. The highest BCUT2D eigenvalue weighted by Crippen LogP contribution is 2.25. The molecule has 2 aromatic carbocycles. The number of nitrogens with zero attached hydrogens (tertiary/aromatic N) is 3. The molecule has 1 heterocycles. The third-order valence-electron chi connectivity index (χ3n) is 3.80. The number of carbonyl (C=O) groups excluding carboxylic acids is 1. The molecule has 0 aliphatic rings. The van der Waals surface area contributed by atoms with Gasteiger partial charge in [-0.3, -0.25) is 19.6 Å². The van der Waals surface area contributed by atoms with E-state index in [-0.39, 0.29) is 16.3 Å². The summed E-state index contributed by atoms with van der Waals surface area (Å²) in [7, 11) is 0. The Morgan fingerprint density at radius 3 is 2.65 bits per heavy atom. The van der Waals surface area contributed by atoms with E-state index < -0.39 is 10.8 Å². The molecule has 1 aromatic heterocycles. The van der Waals surface area contributed by atoms with Gasteiger partial charge in [0.2, 0.25) is 0 Å². The first-order chi connectivity index (χ1) is 12.4. The topological polar surface area (TPSA) is 90.1 Å². The maximum absolute atomic E-state index is 12.4. The van der Waals surface area contributed by atoms with Crippen LogP contribution < -0.4 is 5.32 Å². The summed E-state index contributed by atoms with van der Waals surface area (Å²) in [6.07, 6.45) is 0. The summed E-state index contributed by atoms with van der Waals surface area (Å²) in [5, 5.41) is 18.0. The molecular formula is C18H15ClN4O3. The molecule has 1 N–H and O–H groups in total. The van der Waals surface area contributed by atoms with Crippen LogP contribution in [0.4, 0.5) is 11.5 Å². The summed E-state index contributed by atoms with van der Waals surface area (Å²) in [6, 6.07) is 15.5. The van der Waals surface area contributed by atoms with E-state index in [1.54, 1.807) is 10.7 Å². The van der Waals surface area contributed by atoms with Crippen LogP contribution in [0.2, 0.25) is 5.02 Å². The summed E-state index contributed by atoms with van der Waals surface area (Å²) in [5.74, 6) is -0.116. The number of anilines is 1. The highest BCUT2D eigenvalue weighted by molar-refractivity contribution is 6.32. The number of amides is 1. The Morgan fingerprint density at radius 2 is 1.96 bits per heavy atom. The summed E-state index contributed by atoms with van der Waals surface area (Å²) in [5.41, 5.74) is 1.79. The molecule has 0 aliphatic carbocycles. The lowest BCUT2D eigenvalue weighted by Crippen LogP contribution is -2.13. The van der Waals surface area contributed by atoms with Crippen molar-refractivity contribution >= 4 is 29.0 Å². The minimum atomic E-state index is -0.627. The monoisotopic (exact) mass is 370 g/mol. The summed E-state index contributed by atoms with van der Waals surface area (Å²) in [4.78, 5) is 22.7. The van der Waals surface area contributed by atoms with Crippen molar-refractivity contribution in [3.8, 4) is 0 Å². The van der Waals surface area contributed by atoms with Crippen molar-refractivity contribution in [2.45, 2.75) is 13.5 Å². The fraction of sp³-hybridized carbons (Fsp3) is 0.111. The maximum atomic E-state index is 12.4. The van der Waals surface area contributed by atoms with E-state index in [0.29, 0.717) is 12.4 Å². The number of rotatable bonds is 5. The van der Waals surface area contributed by atoms with E-state index in [2.05, 4.69) is 10.4 Å². The van der Waals surface area contributed by atoms with E-state index in [1.165, 1.54) is 12.1 Å². The number of halogens is 1. The fourth-order valence-corrected chi connectivity index (χ4v) is 2.66. The van der Waals surface area contributed by atoms with Gasteiger partial charge in [-0.25, -0.2) is 0 Å². The molecule has 0 saturated carbocycles. The molecule has 0 atom stereocenters. The first-order valence-electron chi connectivity index (χ1n) is 7.77. The van der Waals surface area contributed by atoms with Gasteiger partial charge in [-0.2, -0.15) is 5.10 Å². The van der Waals surface area contributed by atoms with E-state index in [0.717, 1.165) is 17.3 Å². The summed E-state index contributed by atoms with van der Waals surface area (Å²) >= 11 is 5.77. The van der Waals surface area contributed by atoms with Crippen molar-refractivity contribution in [2.75, 3.05) is 5.32 Å². The standard InChI is InChI=1S/C18H15ClN4O3/c1-12-9-17(21-22(12)11-13-5-3-2-4-6-13)20-18(24)14-7-8-15(19)16(10-14)23(25)26/h2-10H,11H2,1H3,(H,20,21,24). The Balaban J connectivity index is 1.77. The highest BCUT2D eigenvalue weighted by atomic mass is 35.5. The molecule has 1 amide bonds. The second-order valence-electron chi connectivity index (χ2n) is 5.69. The van der Waals surface area contributed by atoms with Crippen LogP contribution in [0, 0.1) is 17.0 Å². The first-order valence-corrected chi connectivity index (χ1v) is 8.15. The number of aromatic nitrogens is 2. The number of hydrogen-bond donors (Lipinski definition) is 1. The Morgan fingerprint density at radius 1 is 1.23 bits per heavy atom. The smallest absolute Gasteiger partial charge is 0.288 e. The number of nitro benzene ring substituents is 1. The number of benzene rings is 2. The van der Waals surface area contributed by atoms with Crippen LogP contribution in [0.25, 0.3) is 0 Å². The second-order valence-corrected chi connectivity index (χ2v) is 6.10. The van der Waals surface area contributed by atoms with Gasteiger partial charge in [0, 0.05) is 23.4 Å². The van der Waals surface area contributed by atoms with Gasteiger partial charge in [0.25, 0.3) is 11.6 Å². The zero-order chi connectivity index (χ0) is 18.7. The van der Waals surface area contributed by atoms with Crippen LogP contribution in [0.5, 0.6) is 0 Å². The Kier molecular flexibility index (Phi) is 4.99. The number of nitrogens with one attached hydrogen (secondary N) is 1. The van der Waals surface area contributed by atoms with Gasteiger partial charge in [-0.15, -0.1) is 0 Å². The Hall–Kier alpha value is -3.19. The Bertz CT molecular complexity index is 970. The predicted octanol–water partition coefficient (Wildman–Crippen LogP) is 4.05. The minimum absolute atomic E-state index is 0.0190. The molecule has 8 heteroatoms. The van der Waals surface area contributed by atoms with Crippen LogP contribution in [0.1, 0.15) is 21.6 Å². The van der Waals surface area contributed by atoms with Crippen LogP contribution in [0.3, 0.4) is 0 Å². The molecule has 0 aliphatic heterocycles. The van der Waals surface area contributed by atoms with Crippen LogP contribution in [-0.4, -0.2) is 20.6 Å². The molecule has 0 saturated heterocycles. The van der Waals surface area contributed by atoms with Crippen molar-refractivity contribution in [3.63, 3.8) is 0 Å². The average Bonchev–Trinajstić information content (AvgIpc) is 2.95. The molecule has 26 heavy (non-hydrogen) atoms. The predicted molar refractivity (Wildman–Crippen MR) is 98.6 cm³/mol. The average molecular weight is 371 g/mol. The molecule has 0 fully saturated rings. The largest absolute Gasteiger partial charge is 0.305 e. The molecule has 3 rings (SSSR count). The molecule has 132 valence electrons. The molecule has 3 aromatic rings. The lowest BCUT2D eigenvalue weighted by Gasteiger charge is -2.04. The number of aryl methyl sites for hydroxylation is 1. The fourth-order valence-electron chi connectivity index (χ4n) is 2.47. The second kappa shape index (κ2) is 7.37. The lowest BCUT2D eigenvalue weighted by molar-refractivity contribution is -0.384. The molecular weight excluding hydrogens is 356 g/mol. The molecule has 0 spiro atoms. The first kappa shape index (κ1) is 17.6. The van der Waals surface area contributed by atoms with Crippen molar-refractivity contribution in [1.29, 1.82) is 0 Å². The normalized spacial score (nSPS) is 10.5. The molecule has 7 nitrogen and oxygen atoms in total. The van der Waals surface area contributed by atoms with Gasteiger partial charge in [0.1, 0.15) is 5.02 Å². The van der Waals surface area contributed by atoms with Crippen molar-refractivity contribution < 1.29 is 9.72 Å². The van der Waals surface area contributed by atoms with E-state index >= 15 is 0 Å². The maximum Gasteiger partial charge on any atom is 0.288 e. The third kappa shape index (κ3) is 3.89. The van der Waals surface area contributed by atoms with E-state index in [9.17, 15) is 14.9 Å². The number of hydrogen-bond acceptors (Lipinski definition) is 4. The quantitative estimate of drug-likeness (QED) is 0.541. The van der Waals surface area contributed by atoms with Crippen molar-refractivity contribution in [3.05, 3.63) is 86.6 Å². The zero-order valence-corrected chi connectivity index (χ0v) is 14.6.